The monoisotopic (exact) mass is 237 g/mol. The Kier molecular flexibility index (Phi) is 3.15. The molecule has 96 valence electrons. The van der Waals surface area contributed by atoms with Gasteiger partial charge in [-0.25, -0.2) is 4.79 Å². The fraction of sp³-hybridized carbons (Fsp3) is 0.846. The highest BCUT2D eigenvalue weighted by Crippen LogP contribution is 2.38. The number of hydrogen-bond acceptors (Lipinski definition) is 2. The van der Waals surface area contributed by atoms with Crippen LogP contribution in [0.2, 0.25) is 0 Å². The van der Waals surface area contributed by atoms with E-state index >= 15 is 0 Å². The molecule has 0 aromatic carbocycles. The molecule has 2 fully saturated rings. The third-order valence-corrected chi connectivity index (χ3v) is 4.23. The lowest BCUT2D eigenvalue weighted by Gasteiger charge is -2.38. The Morgan fingerprint density at radius 2 is 2.12 bits per heavy atom. The average molecular weight is 237 g/mol. The molecule has 0 radical (unpaired) electrons. The van der Waals surface area contributed by atoms with Crippen LogP contribution < -0.4 is 5.32 Å². The van der Waals surface area contributed by atoms with Gasteiger partial charge in [-0.05, 0) is 39.0 Å². The van der Waals surface area contributed by atoms with Gasteiger partial charge in [-0.15, -0.1) is 0 Å². The van der Waals surface area contributed by atoms with Gasteiger partial charge in [0.1, 0.15) is 11.4 Å². The van der Waals surface area contributed by atoms with Gasteiger partial charge in [-0.1, -0.05) is 19.8 Å². The van der Waals surface area contributed by atoms with Crippen molar-refractivity contribution in [3.8, 4) is 0 Å². The molecule has 1 aliphatic heterocycles. The van der Waals surface area contributed by atoms with Gasteiger partial charge in [0.05, 0.1) is 0 Å². The average Bonchev–Trinajstić information content (AvgIpc) is 2.37. The first-order chi connectivity index (χ1) is 7.97. The van der Waals surface area contributed by atoms with E-state index in [1.54, 1.807) is 0 Å². The largest absolute Gasteiger partial charge is 0.323 e. The van der Waals surface area contributed by atoms with Gasteiger partial charge in [0.15, 0.2) is 0 Å². The smallest absolute Gasteiger partial charge is 0.309 e. The Morgan fingerprint density at radius 3 is 2.76 bits per heavy atom. The number of rotatable bonds is 1. The first kappa shape index (κ1) is 12.4. The van der Waals surface area contributed by atoms with E-state index in [1.165, 1.54) is 6.42 Å². The minimum atomic E-state index is -0.337. The predicted molar refractivity (Wildman–Crippen MR) is 68.2 cm³/mol. The minimum absolute atomic E-state index is 0.0837. The van der Waals surface area contributed by atoms with E-state index in [-0.39, 0.29) is 17.6 Å². The first-order valence-corrected chi connectivity index (χ1v) is 6.67. The Bertz CT molecular complexity index is 340. The lowest BCUT2D eigenvalue weighted by atomic mass is 9.87. The molecule has 0 aromatic heterocycles. The van der Waals surface area contributed by atoms with Gasteiger partial charge in [0.2, 0.25) is 0 Å². The lowest BCUT2D eigenvalue weighted by Crippen LogP contribution is -2.52. The summed E-state index contributed by atoms with van der Waals surface area (Å²) >= 11 is 0. The quantitative estimate of drug-likeness (QED) is 0.724. The number of amidine groups is 1. The zero-order chi connectivity index (χ0) is 12.6. The second-order valence-corrected chi connectivity index (χ2v) is 5.84. The summed E-state index contributed by atoms with van der Waals surface area (Å²) in [6.45, 7) is 6.34. The third kappa shape index (κ3) is 1.94. The molecule has 2 unspecified atom stereocenters. The minimum Gasteiger partial charge on any atom is -0.309 e. The standard InChI is InChI=1S/C13H23N3O/c1-9(2)16-12(17)15-11(14)13(16)7-4-5-10(3)6-8-13/h9-10H,4-8H2,1-3H3,(H2,14,15,17). The van der Waals surface area contributed by atoms with Crippen LogP contribution >= 0.6 is 0 Å². The number of nitrogens with zero attached hydrogens (tertiary/aromatic N) is 1. The summed E-state index contributed by atoms with van der Waals surface area (Å²) < 4.78 is 0. The molecule has 1 saturated heterocycles. The summed E-state index contributed by atoms with van der Waals surface area (Å²) in [5.41, 5.74) is -0.337. The van der Waals surface area contributed by atoms with Crippen molar-refractivity contribution in [3.05, 3.63) is 0 Å². The highest BCUT2D eigenvalue weighted by Gasteiger charge is 2.51. The Labute approximate surface area is 103 Å². The molecule has 0 bridgehead atoms. The molecule has 0 aromatic rings. The normalized spacial score (nSPS) is 34.4. The Morgan fingerprint density at radius 1 is 1.41 bits per heavy atom. The second-order valence-electron chi connectivity index (χ2n) is 5.84. The number of hydrogen-bond donors (Lipinski definition) is 2. The van der Waals surface area contributed by atoms with E-state index in [0.29, 0.717) is 11.8 Å². The molecule has 4 heteroatoms. The number of carbonyl (C=O) groups excluding carboxylic acids is 1. The summed E-state index contributed by atoms with van der Waals surface area (Å²) in [6.07, 6.45) is 5.31. The van der Waals surface area contributed by atoms with Crippen LogP contribution in [0.5, 0.6) is 0 Å². The van der Waals surface area contributed by atoms with Gasteiger partial charge in [-0.3, -0.25) is 10.7 Å². The summed E-state index contributed by atoms with van der Waals surface area (Å²) in [7, 11) is 0. The molecule has 2 atom stereocenters. The van der Waals surface area contributed by atoms with Crippen molar-refractivity contribution in [2.45, 2.75) is 64.5 Å². The molecule has 1 heterocycles. The molecule has 2 rings (SSSR count). The maximum absolute atomic E-state index is 12.0. The third-order valence-electron chi connectivity index (χ3n) is 4.23. The van der Waals surface area contributed by atoms with Crippen molar-refractivity contribution in [1.82, 2.24) is 10.2 Å². The van der Waals surface area contributed by atoms with Crippen LogP contribution in [-0.2, 0) is 0 Å². The molecule has 4 nitrogen and oxygen atoms in total. The van der Waals surface area contributed by atoms with Crippen molar-refractivity contribution in [3.63, 3.8) is 0 Å². The van der Waals surface area contributed by atoms with E-state index in [1.807, 2.05) is 18.7 Å². The van der Waals surface area contributed by atoms with Crippen LogP contribution in [0.25, 0.3) is 0 Å². The number of urea groups is 1. The van der Waals surface area contributed by atoms with E-state index < -0.39 is 0 Å². The van der Waals surface area contributed by atoms with Crippen LogP contribution in [0.3, 0.4) is 0 Å². The van der Waals surface area contributed by atoms with Crippen molar-refractivity contribution < 1.29 is 4.79 Å². The zero-order valence-corrected chi connectivity index (χ0v) is 11.0. The fourth-order valence-electron chi connectivity index (χ4n) is 3.32. The van der Waals surface area contributed by atoms with Crippen LogP contribution in [0.4, 0.5) is 4.79 Å². The highest BCUT2D eigenvalue weighted by molar-refractivity contribution is 6.08. The Balaban J connectivity index is 2.31. The number of amides is 2. The number of nitrogens with one attached hydrogen (secondary N) is 2. The van der Waals surface area contributed by atoms with Crippen LogP contribution in [0.1, 0.15) is 52.9 Å². The molecule has 2 amide bonds. The fourth-order valence-corrected chi connectivity index (χ4v) is 3.32. The van der Waals surface area contributed by atoms with Crippen LogP contribution in [0, 0.1) is 11.3 Å². The summed E-state index contributed by atoms with van der Waals surface area (Å²) in [6, 6.07) is 0.0748. The van der Waals surface area contributed by atoms with Crippen molar-refractivity contribution >= 4 is 11.9 Å². The van der Waals surface area contributed by atoms with E-state index in [9.17, 15) is 4.79 Å². The lowest BCUT2D eigenvalue weighted by molar-refractivity contribution is 0.138. The maximum Gasteiger partial charge on any atom is 0.323 e. The summed E-state index contributed by atoms with van der Waals surface area (Å²) in [5, 5.41) is 10.9. The van der Waals surface area contributed by atoms with Crippen molar-refractivity contribution in [1.29, 1.82) is 5.41 Å². The zero-order valence-electron chi connectivity index (χ0n) is 11.0. The Hall–Kier alpha value is -1.06. The van der Waals surface area contributed by atoms with E-state index in [2.05, 4.69) is 12.2 Å². The van der Waals surface area contributed by atoms with Crippen molar-refractivity contribution in [2.24, 2.45) is 5.92 Å². The van der Waals surface area contributed by atoms with Gasteiger partial charge in [0, 0.05) is 6.04 Å². The van der Waals surface area contributed by atoms with Gasteiger partial charge in [0.25, 0.3) is 0 Å². The summed E-state index contributed by atoms with van der Waals surface area (Å²) in [4.78, 5) is 13.9. The second kappa shape index (κ2) is 4.31. The van der Waals surface area contributed by atoms with E-state index in [0.717, 1.165) is 25.7 Å². The molecule has 17 heavy (non-hydrogen) atoms. The predicted octanol–water partition coefficient (Wildman–Crippen LogP) is 2.74. The van der Waals surface area contributed by atoms with Crippen LogP contribution in [-0.4, -0.2) is 28.3 Å². The van der Waals surface area contributed by atoms with Crippen LogP contribution in [0.15, 0.2) is 0 Å². The topological polar surface area (TPSA) is 56.2 Å². The highest BCUT2D eigenvalue weighted by atomic mass is 16.2. The van der Waals surface area contributed by atoms with Gasteiger partial charge in [-0.2, -0.15) is 0 Å². The molecular weight excluding hydrogens is 214 g/mol. The molecule has 1 saturated carbocycles. The van der Waals surface area contributed by atoms with E-state index in [4.69, 9.17) is 5.41 Å². The first-order valence-electron chi connectivity index (χ1n) is 6.67. The SMILES string of the molecule is CC1CCCC2(CC1)C(=N)NC(=O)N2C(C)C. The van der Waals surface area contributed by atoms with Gasteiger partial charge < -0.3 is 4.90 Å². The maximum atomic E-state index is 12.0. The number of carbonyl (C=O) groups is 1. The molecule has 2 aliphatic rings. The molecule has 1 aliphatic carbocycles. The van der Waals surface area contributed by atoms with Gasteiger partial charge >= 0.3 is 6.03 Å². The molecule has 1 spiro atoms. The summed E-state index contributed by atoms with van der Waals surface area (Å²) in [5.74, 6) is 1.14. The molecule has 2 N–H and O–H groups in total. The van der Waals surface area contributed by atoms with Crippen molar-refractivity contribution in [2.75, 3.05) is 0 Å². The molecular formula is C13H23N3O.